The molecule has 7 heteroatoms. The van der Waals surface area contributed by atoms with E-state index >= 15 is 0 Å². The molecule has 0 spiro atoms. The van der Waals surface area contributed by atoms with E-state index in [1.807, 2.05) is 0 Å². The number of nitrogens with zero attached hydrogens (tertiary/aromatic N) is 1. The molecule has 0 fully saturated rings. The second-order valence-electron chi connectivity index (χ2n) is 0.408. The fourth-order valence-electron chi connectivity index (χ4n) is 0. The Labute approximate surface area is 51.5 Å². The van der Waals surface area contributed by atoms with Gasteiger partial charge >= 0.3 is 16.8 Å². The molecule has 0 amide bonds. The first-order valence-corrected chi connectivity index (χ1v) is 2.00. The summed E-state index contributed by atoms with van der Waals surface area (Å²) in [6.07, 6.45) is 0. The van der Waals surface area contributed by atoms with Crippen LogP contribution in [0.2, 0.25) is 0 Å². The van der Waals surface area contributed by atoms with Gasteiger partial charge in [0.1, 0.15) is 0 Å². The van der Waals surface area contributed by atoms with Crippen molar-refractivity contribution >= 4 is 10.4 Å². The molecule has 0 saturated heterocycles. The first-order valence-electron chi connectivity index (χ1n) is 0.667. The molecule has 0 aromatic rings. The van der Waals surface area contributed by atoms with E-state index < -0.39 is 10.4 Å². The summed E-state index contributed by atoms with van der Waals surface area (Å²) >= 11 is 0. The smallest absolute Gasteiger partial charge is 0.759 e. The summed E-state index contributed by atoms with van der Waals surface area (Å²) in [5.74, 6) is 0. The van der Waals surface area contributed by atoms with Crippen LogP contribution in [-0.2, 0) is 27.2 Å². The second kappa shape index (κ2) is 4.49. The minimum atomic E-state index is -5.17. The van der Waals surface area contributed by atoms with Crippen LogP contribution in [0.4, 0.5) is 0 Å². The molecule has 0 aromatic carbocycles. The molecule has 0 bridgehead atoms. The van der Waals surface area contributed by atoms with Gasteiger partial charge in [0.25, 0.3) is 0 Å². The molecule has 0 aliphatic heterocycles. The van der Waals surface area contributed by atoms with Gasteiger partial charge in [0.05, 0.1) is 0 Å². The van der Waals surface area contributed by atoms with Gasteiger partial charge in [0, 0.05) is 16.5 Å². The summed E-state index contributed by atoms with van der Waals surface area (Å²) in [4.78, 5) is 0. The zero-order valence-corrected chi connectivity index (χ0v) is 4.68. The van der Waals surface area contributed by atoms with Gasteiger partial charge in [0.2, 0.25) is 0 Å². The van der Waals surface area contributed by atoms with Crippen LogP contribution in [0.15, 0.2) is 0 Å². The average molecular weight is 169 g/mol. The summed E-state index contributed by atoms with van der Waals surface area (Å²) in [5.41, 5.74) is 0. The van der Waals surface area contributed by atoms with E-state index in [0.29, 0.717) is 0 Å². The average Bonchev–Trinajstić information content (AvgIpc) is 0.722. The summed E-state index contributed by atoms with van der Waals surface area (Å²) in [6.45, 7) is 0. The van der Waals surface area contributed by atoms with Crippen LogP contribution in [0, 0.1) is 0 Å². The molecule has 0 aliphatic carbocycles. The van der Waals surface area contributed by atoms with Gasteiger partial charge in [-0.3, -0.25) is 8.42 Å². The molecule has 0 aromatic heterocycles. The largest absolute Gasteiger partial charge is 2.00 e. The molecule has 0 saturated carbocycles. The van der Waals surface area contributed by atoms with Gasteiger partial charge < -0.3 is 9.11 Å². The molecule has 0 unspecified atom stereocenters. The summed E-state index contributed by atoms with van der Waals surface area (Å²) < 4.78 is 34.1. The van der Waals surface area contributed by atoms with Crippen LogP contribution in [0.3, 0.4) is 0 Å². The Morgan fingerprint density at radius 2 is 1.14 bits per heavy atom. The molecular weight excluding hydrogens is 169 g/mol. The van der Waals surface area contributed by atoms with Gasteiger partial charge in [-0.2, -0.15) is 0 Å². The molecule has 0 atom stereocenters. The molecule has 0 heterocycles. The van der Waals surface area contributed by atoms with Crippen LogP contribution in [0.1, 0.15) is 0 Å². The third-order valence-electron chi connectivity index (χ3n) is 0. The SMILES string of the molecule is O=S(=O)([O-])[O-].[Co+2].[N]. The predicted octanol–water partition coefficient (Wildman–Crippen LogP) is -1.82. The number of hydrogen-bond donors (Lipinski definition) is 0. The third kappa shape index (κ3) is 1050. The van der Waals surface area contributed by atoms with E-state index in [-0.39, 0.29) is 22.9 Å². The molecular formula is CoNO4S. The van der Waals surface area contributed by atoms with Crippen molar-refractivity contribution in [2.75, 3.05) is 0 Å². The molecule has 5 nitrogen and oxygen atoms in total. The van der Waals surface area contributed by atoms with E-state index in [1.165, 1.54) is 0 Å². The Morgan fingerprint density at radius 3 is 1.14 bits per heavy atom. The Kier molecular flexibility index (Phi) is 10.1. The first-order chi connectivity index (χ1) is 2.00. The second-order valence-corrected chi connectivity index (χ2v) is 1.22. The maximum Gasteiger partial charge on any atom is 2.00 e. The minimum Gasteiger partial charge on any atom is -0.759 e. The molecule has 0 rings (SSSR count). The molecule has 44 valence electrons. The van der Waals surface area contributed by atoms with Crippen molar-refractivity contribution in [2.45, 2.75) is 0 Å². The van der Waals surface area contributed by atoms with Crippen molar-refractivity contribution in [1.82, 2.24) is 6.15 Å². The predicted molar refractivity (Wildman–Crippen MR) is 12.6 cm³/mol. The first kappa shape index (κ1) is 15.7. The quantitative estimate of drug-likeness (QED) is 0.313. The Morgan fingerprint density at radius 1 is 1.14 bits per heavy atom. The number of hydrogen-bond acceptors (Lipinski definition) is 4. The summed E-state index contributed by atoms with van der Waals surface area (Å²) in [6, 6.07) is 0. The van der Waals surface area contributed by atoms with Crippen LogP contribution >= 0.6 is 0 Å². The van der Waals surface area contributed by atoms with Gasteiger partial charge in [-0.25, -0.2) is 0 Å². The fourth-order valence-corrected chi connectivity index (χ4v) is 0. The van der Waals surface area contributed by atoms with Gasteiger partial charge in [-0.05, 0) is 0 Å². The monoisotopic (exact) mass is 169 g/mol. The summed E-state index contributed by atoms with van der Waals surface area (Å²) in [7, 11) is -5.17. The third-order valence-corrected chi connectivity index (χ3v) is 0. The topological polar surface area (TPSA) is 111 Å². The van der Waals surface area contributed by atoms with E-state index in [9.17, 15) is 0 Å². The Hall–Kier alpha value is 0.336. The standard InChI is InChI=1S/Co.N.H2O4S/c;;1-5(2,3)4/h;;(H2,1,2,3,4)/q+2;;/p-2. The van der Waals surface area contributed by atoms with Gasteiger partial charge in [-0.1, -0.05) is 0 Å². The zero-order valence-electron chi connectivity index (χ0n) is 2.82. The zero-order chi connectivity index (χ0) is 4.50. The Balaban J connectivity index is -0.0000000800. The molecule has 4 radical (unpaired) electrons. The van der Waals surface area contributed by atoms with E-state index in [0.717, 1.165) is 0 Å². The van der Waals surface area contributed by atoms with Crippen molar-refractivity contribution in [1.29, 1.82) is 0 Å². The van der Waals surface area contributed by atoms with Crippen LogP contribution in [-0.4, -0.2) is 17.5 Å². The molecule has 0 N–H and O–H groups in total. The van der Waals surface area contributed by atoms with Crippen LogP contribution in [0.25, 0.3) is 0 Å². The van der Waals surface area contributed by atoms with Gasteiger partial charge in [-0.15, -0.1) is 0 Å². The minimum absolute atomic E-state index is 0. The van der Waals surface area contributed by atoms with Crippen molar-refractivity contribution in [3.05, 3.63) is 0 Å². The molecule has 0 aliphatic rings. The molecule has 7 heavy (non-hydrogen) atoms. The van der Waals surface area contributed by atoms with Crippen molar-refractivity contribution < 1.29 is 34.3 Å². The fraction of sp³-hybridized carbons (Fsp3) is 0. The van der Waals surface area contributed by atoms with E-state index in [1.54, 1.807) is 0 Å². The van der Waals surface area contributed by atoms with Crippen molar-refractivity contribution in [2.24, 2.45) is 0 Å². The van der Waals surface area contributed by atoms with Crippen molar-refractivity contribution in [3.8, 4) is 0 Å². The summed E-state index contributed by atoms with van der Waals surface area (Å²) in [5, 5.41) is 0. The van der Waals surface area contributed by atoms with Crippen LogP contribution in [0.5, 0.6) is 0 Å². The van der Waals surface area contributed by atoms with Gasteiger partial charge in [0.15, 0.2) is 0 Å². The Bertz CT molecular complexity index is 94.9. The van der Waals surface area contributed by atoms with Crippen molar-refractivity contribution in [3.63, 3.8) is 0 Å². The number of rotatable bonds is 0. The van der Waals surface area contributed by atoms with E-state index in [2.05, 4.69) is 0 Å². The van der Waals surface area contributed by atoms with E-state index in [4.69, 9.17) is 17.5 Å². The normalized spacial score (nSPS) is 8.29. The van der Waals surface area contributed by atoms with Crippen LogP contribution < -0.4 is 6.15 Å². The maximum atomic E-state index is 8.52. The maximum absolute atomic E-state index is 8.52.